The first kappa shape index (κ1) is 22.4. The minimum Gasteiger partial charge on any atom is -0.445 e. The van der Waals surface area contributed by atoms with Crippen molar-refractivity contribution in [2.45, 2.75) is 31.9 Å². The van der Waals surface area contributed by atoms with Crippen LogP contribution in [-0.2, 0) is 25.6 Å². The van der Waals surface area contributed by atoms with Gasteiger partial charge in [0.2, 0.25) is 0 Å². The van der Waals surface area contributed by atoms with Crippen LogP contribution in [0.15, 0.2) is 43.0 Å². The first-order chi connectivity index (χ1) is 13.4. The lowest BCUT2D eigenvalue weighted by Gasteiger charge is -2.36. The van der Waals surface area contributed by atoms with Crippen LogP contribution in [0.3, 0.4) is 0 Å². The van der Waals surface area contributed by atoms with Gasteiger partial charge in [-0.1, -0.05) is 36.4 Å². The molecular formula is C20H30N2O5S. The van der Waals surface area contributed by atoms with E-state index in [1.807, 2.05) is 30.3 Å². The van der Waals surface area contributed by atoms with Crippen molar-refractivity contribution in [1.29, 1.82) is 0 Å². The summed E-state index contributed by atoms with van der Waals surface area (Å²) in [4.78, 5) is 14.2. The van der Waals surface area contributed by atoms with E-state index in [1.165, 1.54) is 0 Å². The highest BCUT2D eigenvalue weighted by Crippen LogP contribution is 2.23. The molecule has 0 aliphatic carbocycles. The Hall–Kier alpha value is -1.90. The third-order valence-electron chi connectivity index (χ3n) is 4.74. The SMILES string of the molecule is C=CCN[C@H](CCOS(C)(=O)=O)C1CCCN(C(=O)OCc2ccccc2)C1. The molecule has 1 unspecified atom stereocenters. The topological polar surface area (TPSA) is 84.9 Å². The van der Waals surface area contributed by atoms with Crippen LogP contribution in [0.5, 0.6) is 0 Å². The maximum atomic E-state index is 12.5. The summed E-state index contributed by atoms with van der Waals surface area (Å²) in [5.74, 6) is 0.195. The van der Waals surface area contributed by atoms with Crippen LogP contribution in [0.25, 0.3) is 0 Å². The highest BCUT2D eigenvalue weighted by atomic mass is 32.2. The number of piperidine rings is 1. The van der Waals surface area contributed by atoms with Crippen molar-refractivity contribution in [3.8, 4) is 0 Å². The normalized spacial score (nSPS) is 18.5. The first-order valence-corrected chi connectivity index (χ1v) is 11.3. The van der Waals surface area contributed by atoms with E-state index in [2.05, 4.69) is 11.9 Å². The Morgan fingerprint density at radius 2 is 2.14 bits per heavy atom. The molecule has 0 radical (unpaired) electrons. The van der Waals surface area contributed by atoms with Crippen molar-refractivity contribution in [3.63, 3.8) is 0 Å². The number of carbonyl (C=O) groups excluding carboxylic acids is 1. The molecule has 1 aromatic rings. The van der Waals surface area contributed by atoms with E-state index in [0.717, 1.165) is 24.7 Å². The molecule has 0 aromatic heterocycles. The van der Waals surface area contributed by atoms with Gasteiger partial charge in [-0.3, -0.25) is 4.18 Å². The summed E-state index contributed by atoms with van der Waals surface area (Å²) in [6, 6.07) is 9.62. The molecule has 7 nitrogen and oxygen atoms in total. The van der Waals surface area contributed by atoms with E-state index in [9.17, 15) is 13.2 Å². The maximum Gasteiger partial charge on any atom is 0.410 e. The second-order valence-electron chi connectivity index (χ2n) is 7.01. The number of carbonyl (C=O) groups is 1. The molecule has 1 N–H and O–H groups in total. The molecule has 1 aromatic carbocycles. The van der Waals surface area contributed by atoms with E-state index in [4.69, 9.17) is 8.92 Å². The monoisotopic (exact) mass is 410 g/mol. The number of benzene rings is 1. The molecule has 1 aliphatic rings. The number of hydrogen-bond donors (Lipinski definition) is 1. The third-order valence-corrected chi connectivity index (χ3v) is 5.34. The predicted octanol–water partition coefficient (Wildman–Crippen LogP) is 2.55. The van der Waals surface area contributed by atoms with Gasteiger partial charge < -0.3 is 15.0 Å². The zero-order valence-electron chi connectivity index (χ0n) is 16.4. The fraction of sp³-hybridized carbons (Fsp3) is 0.550. The van der Waals surface area contributed by atoms with Crippen LogP contribution in [0, 0.1) is 5.92 Å². The Morgan fingerprint density at radius 3 is 2.82 bits per heavy atom. The van der Waals surface area contributed by atoms with Gasteiger partial charge in [-0.05, 0) is 30.7 Å². The molecule has 0 bridgehead atoms. The molecule has 8 heteroatoms. The standard InChI is InChI=1S/C20H30N2O5S/c1-3-12-21-19(11-14-27-28(2,24)25)18-10-7-13-22(15-18)20(23)26-16-17-8-5-4-6-9-17/h3-6,8-9,18-19,21H,1,7,10-16H2,2H3/t18?,19-/m1/s1. The Kier molecular flexibility index (Phi) is 8.95. The molecule has 156 valence electrons. The molecule has 0 saturated carbocycles. The Labute approximate surface area is 167 Å². The Balaban J connectivity index is 1.89. The maximum absolute atomic E-state index is 12.5. The largest absolute Gasteiger partial charge is 0.445 e. The van der Waals surface area contributed by atoms with E-state index in [0.29, 0.717) is 26.1 Å². The molecular weight excluding hydrogens is 380 g/mol. The highest BCUT2D eigenvalue weighted by Gasteiger charge is 2.30. The minimum atomic E-state index is -3.46. The predicted molar refractivity (Wildman–Crippen MR) is 108 cm³/mol. The van der Waals surface area contributed by atoms with E-state index < -0.39 is 10.1 Å². The number of hydrogen-bond acceptors (Lipinski definition) is 6. The lowest BCUT2D eigenvalue weighted by atomic mass is 9.89. The number of amides is 1. The van der Waals surface area contributed by atoms with Gasteiger partial charge in [-0.25, -0.2) is 4.79 Å². The molecule has 2 atom stereocenters. The first-order valence-electron chi connectivity index (χ1n) is 9.53. The van der Waals surface area contributed by atoms with Gasteiger partial charge in [0, 0.05) is 25.7 Å². The van der Waals surface area contributed by atoms with Crippen molar-refractivity contribution in [3.05, 3.63) is 48.6 Å². The second kappa shape index (κ2) is 11.2. The van der Waals surface area contributed by atoms with Gasteiger partial charge in [0.1, 0.15) is 6.61 Å². The van der Waals surface area contributed by atoms with Gasteiger partial charge in [-0.2, -0.15) is 8.42 Å². The number of likely N-dealkylation sites (tertiary alicyclic amines) is 1. The van der Waals surface area contributed by atoms with Crippen LogP contribution in [0.4, 0.5) is 4.79 Å². The number of nitrogens with one attached hydrogen (secondary N) is 1. The molecule has 1 heterocycles. The Bertz CT molecular complexity index is 723. The van der Waals surface area contributed by atoms with Crippen molar-refractivity contribution >= 4 is 16.2 Å². The smallest absolute Gasteiger partial charge is 0.410 e. The van der Waals surface area contributed by atoms with Crippen LogP contribution in [-0.4, -0.2) is 57.9 Å². The second-order valence-corrected chi connectivity index (χ2v) is 8.65. The van der Waals surface area contributed by atoms with E-state index >= 15 is 0 Å². The molecule has 1 saturated heterocycles. The average Bonchev–Trinajstić information content (AvgIpc) is 2.68. The summed E-state index contributed by atoms with van der Waals surface area (Å²) in [5, 5.41) is 3.37. The highest BCUT2D eigenvalue weighted by molar-refractivity contribution is 7.85. The van der Waals surface area contributed by atoms with Gasteiger partial charge >= 0.3 is 6.09 Å². The summed E-state index contributed by atoms with van der Waals surface area (Å²) in [6.07, 6.45) is 4.87. The summed E-state index contributed by atoms with van der Waals surface area (Å²) < 4.78 is 32.8. The van der Waals surface area contributed by atoms with Crippen molar-refractivity contribution in [2.75, 3.05) is 32.5 Å². The summed E-state index contributed by atoms with van der Waals surface area (Å²) in [6.45, 7) is 5.93. The molecule has 1 fully saturated rings. The average molecular weight is 411 g/mol. The lowest BCUT2D eigenvalue weighted by molar-refractivity contribution is 0.0720. The molecule has 28 heavy (non-hydrogen) atoms. The van der Waals surface area contributed by atoms with Crippen LogP contribution in [0.1, 0.15) is 24.8 Å². The van der Waals surface area contributed by atoms with Gasteiger partial charge in [0.15, 0.2) is 0 Å². The van der Waals surface area contributed by atoms with Crippen LogP contribution in [0.2, 0.25) is 0 Å². The number of nitrogens with zero attached hydrogens (tertiary/aromatic N) is 1. The van der Waals surface area contributed by atoms with Crippen LogP contribution < -0.4 is 5.32 Å². The minimum absolute atomic E-state index is 0.0319. The summed E-state index contributed by atoms with van der Waals surface area (Å²) in [5.41, 5.74) is 0.952. The number of rotatable bonds is 10. The molecule has 1 amide bonds. The third kappa shape index (κ3) is 8.00. The quantitative estimate of drug-likeness (QED) is 0.471. The van der Waals surface area contributed by atoms with Gasteiger partial charge in [0.05, 0.1) is 12.9 Å². The molecule has 2 rings (SSSR count). The fourth-order valence-corrected chi connectivity index (χ4v) is 3.78. The van der Waals surface area contributed by atoms with Gasteiger partial charge in [-0.15, -0.1) is 6.58 Å². The van der Waals surface area contributed by atoms with Crippen molar-refractivity contribution in [1.82, 2.24) is 10.2 Å². The van der Waals surface area contributed by atoms with E-state index in [-0.39, 0.29) is 31.3 Å². The van der Waals surface area contributed by atoms with Crippen LogP contribution >= 0.6 is 0 Å². The zero-order valence-corrected chi connectivity index (χ0v) is 17.2. The van der Waals surface area contributed by atoms with Gasteiger partial charge in [0.25, 0.3) is 10.1 Å². The summed E-state index contributed by atoms with van der Waals surface area (Å²) in [7, 11) is -3.46. The number of ether oxygens (including phenoxy) is 1. The molecule has 1 aliphatic heterocycles. The Morgan fingerprint density at radius 1 is 1.39 bits per heavy atom. The van der Waals surface area contributed by atoms with Crippen molar-refractivity contribution < 1.29 is 22.1 Å². The zero-order chi connectivity index (χ0) is 20.4. The summed E-state index contributed by atoms with van der Waals surface area (Å²) >= 11 is 0. The molecule has 0 spiro atoms. The van der Waals surface area contributed by atoms with Crippen molar-refractivity contribution in [2.24, 2.45) is 5.92 Å². The fourth-order valence-electron chi connectivity index (χ4n) is 3.38. The van der Waals surface area contributed by atoms with E-state index in [1.54, 1.807) is 11.0 Å². The lowest BCUT2D eigenvalue weighted by Crippen LogP contribution is -2.48.